The molecule has 0 atom stereocenters. The van der Waals surface area contributed by atoms with E-state index < -0.39 is 0 Å². The molecule has 3 nitrogen and oxygen atoms in total. The molecule has 1 aromatic rings. The van der Waals surface area contributed by atoms with Crippen LogP contribution in [0, 0.1) is 13.8 Å². The van der Waals surface area contributed by atoms with Gasteiger partial charge in [0.1, 0.15) is 0 Å². The molecule has 0 bridgehead atoms. The number of nitrogens with zero attached hydrogens (tertiary/aromatic N) is 2. The Morgan fingerprint density at radius 3 is 2.15 bits per heavy atom. The fraction of sp³-hybridized carbons (Fsp3) is 0.700. The fourth-order valence-corrected chi connectivity index (χ4v) is 1.94. The van der Waals surface area contributed by atoms with Gasteiger partial charge < -0.3 is 5.73 Å². The lowest BCUT2D eigenvalue weighted by Crippen LogP contribution is -2.30. The van der Waals surface area contributed by atoms with Crippen LogP contribution in [0.3, 0.4) is 0 Å². The first kappa shape index (κ1) is 10.3. The summed E-state index contributed by atoms with van der Waals surface area (Å²) in [5, 5.41) is 4.43. The maximum absolute atomic E-state index is 6.07. The highest BCUT2D eigenvalue weighted by Gasteiger charge is 2.23. The van der Waals surface area contributed by atoms with E-state index in [0.717, 1.165) is 12.2 Å². The second-order valence-electron chi connectivity index (χ2n) is 4.08. The van der Waals surface area contributed by atoms with E-state index in [-0.39, 0.29) is 5.54 Å². The van der Waals surface area contributed by atoms with Gasteiger partial charge in [-0.2, -0.15) is 5.10 Å². The topological polar surface area (TPSA) is 43.8 Å². The minimum absolute atomic E-state index is 0.290. The van der Waals surface area contributed by atoms with Crippen LogP contribution in [0.4, 0.5) is 0 Å². The Hall–Kier alpha value is -0.830. The average Bonchev–Trinajstić information content (AvgIpc) is 2.24. The average molecular weight is 181 g/mol. The predicted octanol–water partition coefficient (Wildman–Crippen LogP) is 1.71. The second kappa shape index (κ2) is 3.14. The molecule has 1 aromatic heterocycles. The van der Waals surface area contributed by atoms with Crippen molar-refractivity contribution in [3.05, 3.63) is 17.0 Å². The number of nitrogens with two attached hydrogens (primary N) is 1. The molecule has 0 amide bonds. The van der Waals surface area contributed by atoms with Crippen molar-refractivity contribution < 1.29 is 0 Å². The molecule has 3 heteroatoms. The van der Waals surface area contributed by atoms with Crippen LogP contribution in [-0.2, 0) is 12.1 Å². The third-order valence-electron chi connectivity index (χ3n) is 2.33. The summed E-state index contributed by atoms with van der Waals surface area (Å²) >= 11 is 0. The highest BCUT2D eigenvalue weighted by molar-refractivity contribution is 5.31. The lowest BCUT2D eigenvalue weighted by Gasteiger charge is -2.19. The molecular formula is C10H19N3. The zero-order valence-corrected chi connectivity index (χ0v) is 9.18. The SMILES string of the molecule is CCn1nc(C)c(C(C)(C)N)c1C. The zero-order valence-electron chi connectivity index (χ0n) is 9.18. The second-order valence-corrected chi connectivity index (χ2v) is 4.08. The maximum atomic E-state index is 6.07. The van der Waals surface area contributed by atoms with Crippen LogP contribution in [0.1, 0.15) is 37.7 Å². The fourth-order valence-electron chi connectivity index (χ4n) is 1.94. The third-order valence-corrected chi connectivity index (χ3v) is 2.33. The van der Waals surface area contributed by atoms with Crippen molar-refractivity contribution in [2.24, 2.45) is 5.73 Å². The monoisotopic (exact) mass is 181 g/mol. The van der Waals surface area contributed by atoms with Gasteiger partial charge >= 0.3 is 0 Å². The quantitative estimate of drug-likeness (QED) is 0.755. The van der Waals surface area contributed by atoms with Gasteiger partial charge in [-0.3, -0.25) is 4.68 Å². The van der Waals surface area contributed by atoms with Crippen molar-refractivity contribution in [1.29, 1.82) is 0 Å². The van der Waals surface area contributed by atoms with Crippen molar-refractivity contribution in [3.63, 3.8) is 0 Å². The highest BCUT2D eigenvalue weighted by Crippen LogP contribution is 2.24. The number of aryl methyl sites for hydroxylation is 2. The normalized spacial score (nSPS) is 12.2. The zero-order chi connectivity index (χ0) is 10.2. The van der Waals surface area contributed by atoms with E-state index in [4.69, 9.17) is 5.73 Å². The third kappa shape index (κ3) is 1.75. The first-order valence-electron chi connectivity index (χ1n) is 4.71. The van der Waals surface area contributed by atoms with Gasteiger partial charge in [0.15, 0.2) is 0 Å². The van der Waals surface area contributed by atoms with Crippen LogP contribution in [-0.4, -0.2) is 9.78 Å². The van der Waals surface area contributed by atoms with Gasteiger partial charge in [0.05, 0.1) is 5.69 Å². The molecule has 0 aromatic carbocycles. The Labute approximate surface area is 79.9 Å². The molecule has 0 spiro atoms. The number of hydrogen-bond donors (Lipinski definition) is 1. The van der Waals surface area contributed by atoms with Crippen molar-refractivity contribution in [1.82, 2.24) is 9.78 Å². The molecule has 13 heavy (non-hydrogen) atoms. The van der Waals surface area contributed by atoms with E-state index in [0.29, 0.717) is 0 Å². The van der Waals surface area contributed by atoms with Crippen molar-refractivity contribution >= 4 is 0 Å². The first-order chi connectivity index (χ1) is 5.88. The van der Waals surface area contributed by atoms with E-state index in [9.17, 15) is 0 Å². The van der Waals surface area contributed by atoms with Crippen LogP contribution in [0.15, 0.2) is 0 Å². The van der Waals surface area contributed by atoms with Crippen molar-refractivity contribution in [3.8, 4) is 0 Å². The molecule has 0 aliphatic heterocycles. The molecule has 0 unspecified atom stereocenters. The van der Waals surface area contributed by atoms with E-state index in [1.165, 1.54) is 11.3 Å². The van der Waals surface area contributed by atoms with Crippen molar-refractivity contribution in [2.75, 3.05) is 0 Å². The molecule has 0 radical (unpaired) electrons. The Bertz CT molecular complexity index is 305. The Kier molecular flexibility index (Phi) is 2.48. The Morgan fingerprint density at radius 2 is 1.92 bits per heavy atom. The maximum Gasteiger partial charge on any atom is 0.0646 e. The van der Waals surface area contributed by atoms with Gasteiger partial charge in [-0.05, 0) is 34.6 Å². The van der Waals surface area contributed by atoms with Gasteiger partial charge in [0.25, 0.3) is 0 Å². The molecule has 0 fully saturated rings. The van der Waals surface area contributed by atoms with Gasteiger partial charge in [-0.1, -0.05) is 0 Å². The van der Waals surface area contributed by atoms with Gasteiger partial charge in [0.2, 0.25) is 0 Å². The summed E-state index contributed by atoms with van der Waals surface area (Å²) in [5.74, 6) is 0. The van der Waals surface area contributed by atoms with Gasteiger partial charge in [-0.15, -0.1) is 0 Å². The highest BCUT2D eigenvalue weighted by atomic mass is 15.3. The van der Waals surface area contributed by atoms with Crippen LogP contribution < -0.4 is 5.73 Å². The summed E-state index contributed by atoms with van der Waals surface area (Å²) in [6, 6.07) is 0. The standard InChI is InChI=1S/C10H19N3/c1-6-13-8(3)9(7(2)12-13)10(4,5)11/h6,11H2,1-5H3. The number of rotatable bonds is 2. The number of aromatic nitrogens is 2. The lowest BCUT2D eigenvalue weighted by molar-refractivity contribution is 0.543. The van der Waals surface area contributed by atoms with E-state index >= 15 is 0 Å². The van der Waals surface area contributed by atoms with E-state index in [2.05, 4.69) is 18.9 Å². The van der Waals surface area contributed by atoms with Crippen LogP contribution in [0.5, 0.6) is 0 Å². The number of hydrogen-bond acceptors (Lipinski definition) is 2. The molecule has 2 N–H and O–H groups in total. The van der Waals surface area contributed by atoms with E-state index in [1.807, 2.05) is 25.5 Å². The van der Waals surface area contributed by atoms with Gasteiger partial charge in [-0.25, -0.2) is 0 Å². The largest absolute Gasteiger partial charge is 0.322 e. The van der Waals surface area contributed by atoms with Crippen LogP contribution in [0.25, 0.3) is 0 Å². The van der Waals surface area contributed by atoms with Crippen LogP contribution >= 0.6 is 0 Å². The minimum atomic E-state index is -0.290. The molecule has 0 saturated carbocycles. The molecule has 0 saturated heterocycles. The lowest BCUT2D eigenvalue weighted by atomic mass is 9.94. The summed E-state index contributed by atoms with van der Waals surface area (Å²) in [7, 11) is 0. The summed E-state index contributed by atoms with van der Waals surface area (Å²) in [6.45, 7) is 11.1. The van der Waals surface area contributed by atoms with E-state index in [1.54, 1.807) is 0 Å². The summed E-state index contributed by atoms with van der Waals surface area (Å²) < 4.78 is 2.00. The predicted molar refractivity (Wildman–Crippen MR) is 54.6 cm³/mol. The van der Waals surface area contributed by atoms with Crippen molar-refractivity contribution in [2.45, 2.75) is 46.7 Å². The molecule has 0 aliphatic carbocycles. The Morgan fingerprint density at radius 1 is 1.38 bits per heavy atom. The molecular weight excluding hydrogens is 162 g/mol. The Balaban J connectivity index is 3.29. The first-order valence-corrected chi connectivity index (χ1v) is 4.71. The summed E-state index contributed by atoms with van der Waals surface area (Å²) in [4.78, 5) is 0. The molecule has 0 aliphatic rings. The van der Waals surface area contributed by atoms with Crippen LogP contribution in [0.2, 0.25) is 0 Å². The molecule has 1 heterocycles. The molecule has 74 valence electrons. The smallest absolute Gasteiger partial charge is 0.0646 e. The van der Waals surface area contributed by atoms with Gasteiger partial charge in [0, 0.05) is 23.3 Å². The minimum Gasteiger partial charge on any atom is -0.322 e. The molecule has 1 rings (SSSR count). The summed E-state index contributed by atoms with van der Waals surface area (Å²) in [5.41, 5.74) is 9.19. The summed E-state index contributed by atoms with van der Waals surface area (Å²) in [6.07, 6.45) is 0.